The summed E-state index contributed by atoms with van der Waals surface area (Å²) in [6.45, 7) is 9.93. The number of hydrogen-bond acceptors (Lipinski definition) is 4. The fourth-order valence-corrected chi connectivity index (χ4v) is 3.77. The van der Waals surface area contributed by atoms with E-state index in [0.717, 1.165) is 28.0 Å². The zero-order chi connectivity index (χ0) is 14.0. The van der Waals surface area contributed by atoms with Crippen LogP contribution in [-0.2, 0) is 6.54 Å². The van der Waals surface area contributed by atoms with Crippen LogP contribution in [0.25, 0.3) is 0 Å². The first-order valence-corrected chi connectivity index (χ1v) is 8.21. The van der Waals surface area contributed by atoms with Crippen LogP contribution in [0.15, 0.2) is 0 Å². The summed E-state index contributed by atoms with van der Waals surface area (Å²) in [4.78, 5) is 8.74. The Bertz CT molecular complexity index is 446. The highest BCUT2D eigenvalue weighted by atomic mass is 32.1. The molecule has 1 aromatic heterocycles. The molecule has 106 valence electrons. The van der Waals surface area contributed by atoms with E-state index in [1.807, 2.05) is 0 Å². The molecular weight excluding hydrogens is 274 g/mol. The summed E-state index contributed by atoms with van der Waals surface area (Å²) in [5, 5.41) is 1.15. The summed E-state index contributed by atoms with van der Waals surface area (Å²) < 4.78 is 0. The van der Waals surface area contributed by atoms with Crippen LogP contribution in [0.3, 0.4) is 0 Å². The Morgan fingerprint density at radius 2 is 2.11 bits per heavy atom. The summed E-state index contributed by atoms with van der Waals surface area (Å²) in [5.41, 5.74) is 6.87. The van der Waals surface area contributed by atoms with Crippen LogP contribution in [0.5, 0.6) is 0 Å². The molecule has 0 aliphatic carbocycles. The van der Waals surface area contributed by atoms with Crippen LogP contribution < -0.4 is 5.73 Å². The first kappa shape index (κ1) is 14.9. The number of hydrogen-bond donors (Lipinski definition) is 1. The lowest BCUT2D eigenvalue weighted by Gasteiger charge is -2.29. The Morgan fingerprint density at radius 3 is 2.58 bits per heavy atom. The number of nitrogens with two attached hydrogens (primary N) is 1. The first-order valence-electron chi connectivity index (χ1n) is 6.99. The lowest BCUT2D eigenvalue weighted by atomic mass is 9.99. The Hall–Kier alpha value is -0.520. The third-order valence-electron chi connectivity index (χ3n) is 3.70. The van der Waals surface area contributed by atoms with Crippen LogP contribution >= 0.6 is 23.6 Å². The highest BCUT2D eigenvalue weighted by Crippen LogP contribution is 2.27. The molecule has 2 heterocycles. The van der Waals surface area contributed by atoms with Crippen molar-refractivity contribution in [3.63, 3.8) is 0 Å². The molecule has 2 rings (SSSR count). The zero-order valence-corrected chi connectivity index (χ0v) is 13.6. The first-order chi connectivity index (χ1) is 8.97. The number of thiocarbonyl (C=S) groups is 1. The van der Waals surface area contributed by atoms with Gasteiger partial charge in [0.1, 0.15) is 10.00 Å². The van der Waals surface area contributed by atoms with Crippen LogP contribution in [0.4, 0.5) is 0 Å². The average molecular weight is 297 g/mol. The average Bonchev–Trinajstić information content (AvgIpc) is 2.76. The standard InChI is InChI=1S/C14H23N3S2/c1-9(2)12-13(14(15)18)19-11(16-12)8-17-6-4-10(3)5-7-17/h9-10H,4-8H2,1-3H3,(H2,15,18). The summed E-state index contributed by atoms with van der Waals surface area (Å²) in [7, 11) is 0. The lowest BCUT2D eigenvalue weighted by molar-refractivity contribution is 0.185. The van der Waals surface area contributed by atoms with Crippen molar-refractivity contribution in [2.24, 2.45) is 11.7 Å². The van der Waals surface area contributed by atoms with Gasteiger partial charge in [0.15, 0.2) is 0 Å². The molecule has 19 heavy (non-hydrogen) atoms. The van der Waals surface area contributed by atoms with Gasteiger partial charge in [0.05, 0.1) is 17.1 Å². The highest BCUT2D eigenvalue weighted by Gasteiger charge is 2.20. The van der Waals surface area contributed by atoms with Crippen LogP contribution in [0, 0.1) is 5.92 Å². The van der Waals surface area contributed by atoms with Gasteiger partial charge in [-0.3, -0.25) is 4.90 Å². The van der Waals surface area contributed by atoms with Gasteiger partial charge < -0.3 is 5.73 Å². The van der Waals surface area contributed by atoms with Crippen molar-refractivity contribution < 1.29 is 0 Å². The molecule has 0 spiro atoms. The number of thiazole rings is 1. The minimum Gasteiger partial charge on any atom is -0.389 e. The Morgan fingerprint density at radius 1 is 1.47 bits per heavy atom. The van der Waals surface area contributed by atoms with Gasteiger partial charge in [-0.15, -0.1) is 11.3 Å². The molecule has 1 saturated heterocycles. The van der Waals surface area contributed by atoms with Gasteiger partial charge in [0, 0.05) is 0 Å². The van der Waals surface area contributed by atoms with Gasteiger partial charge in [-0.2, -0.15) is 0 Å². The van der Waals surface area contributed by atoms with Gasteiger partial charge in [-0.25, -0.2) is 4.98 Å². The fourth-order valence-electron chi connectivity index (χ4n) is 2.42. The van der Waals surface area contributed by atoms with E-state index in [1.165, 1.54) is 25.9 Å². The van der Waals surface area contributed by atoms with Crippen LogP contribution in [0.1, 0.15) is 55.1 Å². The van der Waals surface area contributed by atoms with E-state index in [2.05, 4.69) is 25.7 Å². The molecule has 0 aromatic carbocycles. The Balaban J connectivity index is 2.08. The summed E-state index contributed by atoms with van der Waals surface area (Å²) in [6.07, 6.45) is 2.59. The monoisotopic (exact) mass is 297 g/mol. The van der Waals surface area contributed by atoms with Crippen molar-refractivity contribution in [1.29, 1.82) is 0 Å². The molecule has 1 aliphatic heterocycles. The molecule has 5 heteroatoms. The van der Waals surface area contributed by atoms with E-state index in [4.69, 9.17) is 22.9 Å². The maximum atomic E-state index is 5.81. The zero-order valence-electron chi connectivity index (χ0n) is 12.0. The largest absolute Gasteiger partial charge is 0.389 e. The Kier molecular flexibility index (Phi) is 4.92. The quantitative estimate of drug-likeness (QED) is 0.867. The second-order valence-corrected chi connectivity index (χ2v) is 7.32. The third-order valence-corrected chi connectivity index (χ3v) is 5.13. The van der Waals surface area contributed by atoms with E-state index >= 15 is 0 Å². The van der Waals surface area contributed by atoms with Gasteiger partial charge in [0.25, 0.3) is 0 Å². The molecule has 1 fully saturated rings. The SMILES string of the molecule is CC1CCN(Cc2nc(C(C)C)c(C(N)=S)s2)CC1. The normalized spacial score (nSPS) is 18.1. The maximum Gasteiger partial charge on any atom is 0.116 e. The van der Waals surface area contributed by atoms with Gasteiger partial charge in [-0.1, -0.05) is 33.0 Å². The van der Waals surface area contributed by atoms with Crippen LogP contribution in [-0.4, -0.2) is 28.0 Å². The van der Waals surface area contributed by atoms with Crippen molar-refractivity contribution in [3.8, 4) is 0 Å². The van der Waals surface area contributed by atoms with Crippen LogP contribution in [0.2, 0.25) is 0 Å². The summed E-state index contributed by atoms with van der Waals surface area (Å²) >= 11 is 6.81. The Labute approximate surface area is 125 Å². The second kappa shape index (κ2) is 6.29. The summed E-state index contributed by atoms with van der Waals surface area (Å²) in [6, 6.07) is 0. The molecule has 0 bridgehead atoms. The van der Waals surface area contributed by atoms with Gasteiger partial charge >= 0.3 is 0 Å². The topological polar surface area (TPSA) is 42.2 Å². The minimum atomic E-state index is 0.378. The van der Waals surface area contributed by atoms with E-state index in [9.17, 15) is 0 Å². The van der Waals surface area contributed by atoms with E-state index in [1.54, 1.807) is 11.3 Å². The lowest BCUT2D eigenvalue weighted by Crippen LogP contribution is -2.32. The highest BCUT2D eigenvalue weighted by molar-refractivity contribution is 7.81. The second-order valence-electron chi connectivity index (χ2n) is 5.80. The maximum absolute atomic E-state index is 5.81. The summed E-state index contributed by atoms with van der Waals surface area (Å²) in [5.74, 6) is 1.24. The molecular formula is C14H23N3S2. The van der Waals surface area contributed by atoms with Crippen molar-refractivity contribution in [3.05, 3.63) is 15.6 Å². The number of likely N-dealkylation sites (tertiary alicyclic amines) is 1. The molecule has 1 aliphatic rings. The predicted octanol–water partition coefficient (Wildman–Crippen LogP) is 3.13. The predicted molar refractivity (Wildman–Crippen MR) is 85.8 cm³/mol. The fraction of sp³-hybridized carbons (Fsp3) is 0.714. The van der Waals surface area contributed by atoms with Crippen molar-refractivity contribution in [1.82, 2.24) is 9.88 Å². The molecule has 0 amide bonds. The molecule has 1 aromatic rings. The third kappa shape index (κ3) is 3.74. The molecule has 3 nitrogen and oxygen atoms in total. The molecule has 0 atom stereocenters. The number of rotatable bonds is 4. The molecule has 2 N–H and O–H groups in total. The van der Waals surface area contributed by atoms with Gasteiger partial charge in [-0.05, 0) is 37.8 Å². The number of piperidine rings is 1. The molecule has 0 radical (unpaired) electrons. The van der Waals surface area contributed by atoms with Gasteiger partial charge in [0.2, 0.25) is 0 Å². The van der Waals surface area contributed by atoms with Crippen molar-refractivity contribution in [2.45, 2.75) is 46.1 Å². The number of nitrogens with zero attached hydrogens (tertiary/aromatic N) is 2. The van der Waals surface area contributed by atoms with E-state index in [-0.39, 0.29) is 0 Å². The minimum absolute atomic E-state index is 0.378. The van der Waals surface area contributed by atoms with E-state index < -0.39 is 0 Å². The molecule has 0 unspecified atom stereocenters. The smallest absolute Gasteiger partial charge is 0.116 e. The van der Waals surface area contributed by atoms with E-state index in [0.29, 0.717) is 10.9 Å². The molecule has 0 saturated carbocycles. The van der Waals surface area contributed by atoms with Crippen molar-refractivity contribution in [2.75, 3.05) is 13.1 Å². The van der Waals surface area contributed by atoms with Crippen molar-refractivity contribution >= 4 is 28.5 Å². The number of aromatic nitrogens is 1.